The molecule has 2 aromatic carbocycles. The summed E-state index contributed by atoms with van der Waals surface area (Å²) in [5.41, 5.74) is 7.51. The maximum absolute atomic E-state index is 12.6. The van der Waals surface area contributed by atoms with Crippen LogP contribution >= 0.6 is 0 Å². The normalized spacial score (nSPS) is 14.1. The fraction of sp³-hybridized carbons (Fsp3) is 0.0588. The first-order valence-corrected chi connectivity index (χ1v) is 6.46. The fourth-order valence-electron chi connectivity index (χ4n) is 2.44. The minimum absolute atomic E-state index is 0.0103. The molecule has 0 saturated heterocycles. The van der Waals surface area contributed by atoms with Crippen LogP contribution in [0.5, 0.6) is 5.75 Å². The zero-order valence-electron chi connectivity index (χ0n) is 11.4. The number of Topliss-reactive ketones (excluding diaryl/α,β-unsaturated/α-hetero) is 2. The summed E-state index contributed by atoms with van der Waals surface area (Å²) < 4.78 is 5.09. The van der Waals surface area contributed by atoms with Crippen molar-refractivity contribution in [1.29, 1.82) is 0 Å². The largest absolute Gasteiger partial charge is 0.497 e. The Bertz CT molecular complexity index is 773. The van der Waals surface area contributed by atoms with E-state index in [0.717, 1.165) is 0 Å². The Kier molecular flexibility index (Phi) is 3.06. The number of fused-ring (bicyclic) bond motifs is 1. The van der Waals surface area contributed by atoms with Crippen LogP contribution in [0.1, 0.15) is 26.3 Å². The third kappa shape index (κ3) is 2.01. The van der Waals surface area contributed by atoms with Gasteiger partial charge >= 0.3 is 0 Å². The molecule has 0 radical (unpaired) electrons. The van der Waals surface area contributed by atoms with Gasteiger partial charge < -0.3 is 10.5 Å². The van der Waals surface area contributed by atoms with Crippen molar-refractivity contribution in [3.8, 4) is 5.75 Å². The molecule has 2 aromatic rings. The smallest absolute Gasteiger partial charge is 0.210 e. The van der Waals surface area contributed by atoms with Gasteiger partial charge in [0.15, 0.2) is 5.78 Å². The highest BCUT2D eigenvalue weighted by atomic mass is 16.5. The molecule has 0 aliphatic heterocycles. The number of carbonyl (C=O) groups excluding carboxylic acids is 2. The molecule has 0 fully saturated rings. The average Bonchev–Trinajstić information content (AvgIpc) is 2.53. The predicted molar refractivity (Wildman–Crippen MR) is 79.2 cm³/mol. The predicted octanol–water partition coefficient (Wildman–Crippen LogP) is 2.44. The number of benzene rings is 2. The van der Waals surface area contributed by atoms with Crippen LogP contribution in [-0.4, -0.2) is 18.7 Å². The summed E-state index contributed by atoms with van der Waals surface area (Å²) in [6.45, 7) is 0. The molecule has 0 amide bonds. The number of ketones is 2. The van der Waals surface area contributed by atoms with Gasteiger partial charge in [-0.25, -0.2) is 0 Å². The summed E-state index contributed by atoms with van der Waals surface area (Å²) in [6.07, 6.45) is 0. The van der Waals surface area contributed by atoms with E-state index in [1.807, 2.05) is 0 Å². The van der Waals surface area contributed by atoms with Crippen LogP contribution in [0.4, 0.5) is 0 Å². The molecule has 1 aliphatic rings. The molecule has 0 heterocycles. The van der Waals surface area contributed by atoms with Crippen LogP contribution in [0.3, 0.4) is 0 Å². The summed E-state index contributed by atoms with van der Waals surface area (Å²) in [7, 11) is 1.56. The molecule has 4 nitrogen and oxygen atoms in total. The second kappa shape index (κ2) is 4.90. The van der Waals surface area contributed by atoms with Crippen molar-refractivity contribution >= 4 is 17.1 Å². The minimum Gasteiger partial charge on any atom is -0.497 e. The molecule has 1 aliphatic carbocycles. The maximum atomic E-state index is 12.6. The number of ether oxygens (including phenoxy) is 1. The molecule has 0 aromatic heterocycles. The molecular weight excluding hydrogens is 266 g/mol. The van der Waals surface area contributed by atoms with Crippen LogP contribution in [0.25, 0.3) is 5.57 Å². The van der Waals surface area contributed by atoms with Gasteiger partial charge in [-0.15, -0.1) is 0 Å². The van der Waals surface area contributed by atoms with E-state index < -0.39 is 0 Å². The molecule has 2 N–H and O–H groups in total. The molecule has 0 spiro atoms. The summed E-state index contributed by atoms with van der Waals surface area (Å²) in [6, 6.07) is 13.6. The topological polar surface area (TPSA) is 69.4 Å². The first-order chi connectivity index (χ1) is 10.1. The molecule has 3 rings (SSSR count). The Morgan fingerprint density at radius 2 is 1.43 bits per heavy atom. The monoisotopic (exact) mass is 279 g/mol. The Labute approximate surface area is 121 Å². The molecular formula is C17H13NO3. The van der Waals surface area contributed by atoms with Gasteiger partial charge in [-0.1, -0.05) is 36.4 Å². The van der Waals surface area contributed by atoms with Gasteiger partial charge in [0.2, 0.25) is 5.78 Å². The van der Waals surface area contributed by atoms with Crippen molar-refractivity contribution in [2.75, 3.05) is 7.11 Å². The van der Waals surface area contributed by atoms with Gasteiger partial charge in [-0.2, -0.15) is 0 Å². The van der Waals surface area contributed by atoms with Crippen LogP contribution in [-0.2, 0) is 0 Å². The second-order valence-corrected chi connectivity index (χ2v) is 4.72. The number of allylic oxidation sites excluding steroid dienone is 2. The molecule has 104 valence electrons. The Hall–Kier alpha value is -2.88. The molecule has 0 saturated carbocycles. The highest BCUT2D eigenvalue weighted by molar-refractivity contribution is 6.40. The third-order valence-corrected chi connectivity index (χ3v) is 3.54. The van der Waals surface area contributed by atoms with Crippen molar-refractivity contribution in [1.82, 2.24) is 0 Å². The molecule has 0 atom stereocenters. The second-order valence-electron chi connectivity index (χ2n) is 4.72. The van der Waals surface area contributed by atoms with Gasteiger partial charge in [0.05, 0.1) is 18.4 Å². The molecule has 4 heteroatoms. The van der Waals surface area contributed by atoms with Crippen molar-refractivity contribution in [2.24, 2.45) is 5.73 Å². The van der Waals surface area contributed by atoms with Crippen molar-refractivity contribution in [3.63, 3.8) is 0 Å². The van der Waals surface area contributed by atoms with E-state index in [2.05, 4.69) is 0 Å². The van der Waals surface area contributed by atoms with Crippen LogP contribution in [0.15, 0.2) is 54.2 Å². The Balaban J connectivity index is 2.15. The molecule has 0 bridgehead atoms. The lowest BCUT2D eigenvalue weighted by Crippen LogP contribution is -2.25. The lowest BCUT2D eigenvalue weighted by atomic mass is 9.84. The van der Waals surface area contributed by atoms with Gasteiger partial charge in [0.1, 0.15) is 5.75 Å². The van der Waals surface area contributed by atoms with Crippen molar-refractivity contribution in [3.05, 3.63) is 70.9 Å². The zero-order chi connectivity index (χ0) is 15.0. The number of rotatable bonds is 2. The summed E-state index contributed by atoms with van der Waals surface area (Å²) in [5.74, 6) is 0.136. The Morgan fingerprint density at radius 1 is 0.857 bits per heavy atom. The first-order valence-electron chi connectivity index (χ1n) is 6.46. The van der Waals surface area contributed by atoms with E-state index in [1.54, 1.807) is 55.6 Å². The number of carbonyl (C=O) groups is 2. The van der Waals surface area contributed by atoms with Crippen molar-refractivity contribution in [2.45, 2.75) is 0 Å². The molecule has 0 unspecified atom stereocenters. The number of nitrogens with two attached hydrogens (primary N) is 1. The first kappa shape index (κ1) is 13.1. The zero-order valence-corrected chi connectivity index (χ0v) is 11.4. The summed E-state index contributed by atoms with van der Waals surface area (Å²) in [4.78, 5) is 24.9. The van der Waals surface area contributed by atoms with E-state index >= 15 is 0 Å². The Morgan fingerprint density at radius 3 is 2.00 bits per heavy atom. The van der Waals surface area contributed by atoms with Crippen LogP contribution < -0.4 is 10.5 Å². The summed E-state index contributed by atoms with van der Waals surface area (Å²) in [5, 5.41) is 0. The van der Waals surface area contributed by atoms with Gasteiger partial charge in [-0.3, -0.25) is 9.59 Å². The highest BCUT2D eigenvalue weighted by Gasteiger charge is 2.31. The van der Waals surface area contributed by atoms with Crippen molar-refractivity contribution < 1.29 is 14.3 Å². The number of methoxy groups -OCH3 is 1. The van der Waals surface area contributed by atoms with Gasteiger partial charge in [-0.05, 0) is 17.7 Å². The minimum atomic E-state index is -0.309. The number of hydrogen-bond donors (Lipinski definition) is 1. The summed E-state index contributed by atoms with van der Waals surface area (Å²) >= 11 is 0. The van der Waals surface area contributed by atoms with Gasteiger partial charge in [0, 0.05) is 11.1 Å². The van der Waals surface area contributed by atoms with Crippen LogP contribution in [0, 0.1) is 0 Å². The third-order valence-electron chi connectivity index (χ3n) is 3.54. The molecule has 21 heavy (non-hydrogen) atoms. The fourth-order valence-corrected chi connectivity index (χ4v) is 2.44. The maximum Gasteiger partial charge on any atom is 0.210 e. The average molecular weight is 279 g/mol. The lowest BCUT2D eigenvalue weighted by Gasteiger charge is -2.18. The van der Waals surface area contributed by atoms with Crippen LogP contribution in [0.2, 0.25) is 0 Å². The SMILES string of the molecule is COc1ccc(C2=C(N)C(=O)c3ccccc3C2=O)cc1. The lowest BCUT2D eigenvalue weighted by molar-refractivity contribution is 0.0990. The quantitative estimate of drug-likeness (QED) is 0.916. The number of hydrogen-bond acceptors (Lipinski definition) is 4. The van der Waals surface area contributed by atoms with E-state index in [9.17, 15) is 9.59 Å². The standard InChI is InChI=1S/C17H13NO3/c1-21-11-8-6-10(7-9-11)14-15(18)17(20)13-5-3-2-4-12(13)16(14)19/h2-9H,18H2,1H3. The van der Waals surface area contributed by atoms with E-state index in [4.69, 9.17) is 10.5 Å². The van der Waals surface area contributed by atoms with Gasteiger partial charge in [0.25, 0.3) is 0 Å². The van der Waals surface area contributed by atoms with E-state index in [-0.39, 0.29) is 22.8 Å². The highest BCUT2D eigenvalue weighted by Crippen LogP contribution is 2.31. The van der Waals surface area contributed by atoms with E-state index in [0.29, 0.717) is 22.4 Å². The van der Waals surface area contributed by atoms with E-state index in [1.165, 1.54) is 0 Å².